The summed E-state index contributed by atoms with van der Waals surface area (Å²) in [4.78, 5) is 51.2. The van der Waals surface area contributed by atoms with Crippen LogP contribution in [0.3, 0.4) is 0 Å². The Bertz CT molecular complexity index is 1570. The van der Waals surface area contributed by atoms with Gasteiger partial charge in [-0.1, -0.05) is 36.0 Å². The molecule has 3 aromatic carbocycles. The van der Waals surface area contributed by atoms with Gasteiger partial charge in [0.1, 0.15) is 11.6 Å². The third-order valence-electron chi connectivity index (χ3n) is 6.06. The molecular formula is C28H22FN5O4S. The number of anilines is 1. The monoisotopic (exact) mass is 543 g/mol. The lowest BCUT2D eigenvalue weighted by molar-refractivity contribution is -0.118. The van der Waals surface area contributed by atoms with Crippen LogP contribution >= 0.6 is 11.8 Å². The standard InChI is InChI=1S/C28H22FN5O4S/c1-17(35)30-14-13-25-31-32-28(33(25)20-11-9-19(29)10-12-20)39-16-24(36)18-5-4-6-21(15-18)34-26(37)22-7-2-3-8-23(22)27(34)38/h2-12,15H,13-14,16H2,1H3,(H,30,35). The molecule has 2 heterocycles. The van der Waals surface area contributed by atoms with Crippen molar-refractivity contribution in [2.24, 2.45) is 0 Å². The molecule has 1 aliphatic rings. The van der Waals surface area contributed by atoms with Crippen molar-refractivity contribution in [1.82, 2.24) is 20.1 Å². The maximum Gasteiger partial charge on any atom is 0.266 e. The minimum absolute atomic E-state index is 0.00338. The van der Waals surface area contributed by atoms with Crippen molar-refractivity contribution in [1.29, 1.82) is 0 Å². The number of carbonyl (C=O) groups is 4. The Kier molecular flexibility index (Phi) is 7.33. The van der Waals surface area contributed by atoms with Crippen molar-refractivity contribution in [2.75, 3.05) is 17.2 Å². The first-order valence-corrected chi connectivity index (χ1v) is 13.0. The van der Waals surface area contributed by atoms with E-state index in [0.29, 0.717) is 52.0 Å². The number of carbonyl (C=O) groups excluding carboxylic acids is 4. The fourth-order valence-corrected chi connectivity index (χ4v) is 5.08. The lowest BCUT2D eigenvalue weighted by atomic mass is 10.1. The molecule has 9 nitrogen and oxygen atoms in total. The zero-order valence-electron chi connectivity index (χ0n) is 20.8. The number of thioether (sulfide) groups is 1. The van der Waals surface area contributed by atoms with Crippen molar-refractivity contribution in [2.45, 2.75) is 18.5 Å². The molecule has 39 heavy (non-hydrogen) atoms. The Morgan fingerprint density at radius 3 is 2.26 bits per heavy atom. The number of amides is 3. The molecule has 0 spiro atoms. The van der Waals surface area contributed by atoms with Gasteiger partial charge in [-0.3, -0.25) is 23.7 Å². The van der Waals surface area contributed by atoms with Gasteiger partial charge in [0.15, 0.2) is 10.9 Å². The van der Waals surface area contributed by atoms with Gasteiger partial charge in [-0.15, -0.1) is 10.2 Å². The molecule has 196 valence electrons. The maximum absolute atomic E-state index is 13.5. The first-order valence-electron chi connectivity index (χ1n) is 12.0. The molecule has 1 aromatic heterocycles. The van der Waals surface area contributed by atoms with Gasteiger partial charge in [-0.25, -0.2) is 9.29 Å². The Morgan fingerprint density at radius 1 is 0.897 bits per heavy atom. The minimum atomic E-state index is -0.436. The first kappa shape index (κ1) is 26.0. The molecule has 0 bridgehead atoms. The average Bonchev–Trinajstić information content (AvgIpc) is 3.45. The van der Waals surface area contributed by atoms with Crippen molar-refractivity contribution in [3.05, 3.63) is 101 Å². The number of hydrogen-bond donors (Lipinski definition) is 1. The summed E-state index contributed by atoms with van der Waals surface area (Å²) < 4.78 is 15.3. The molecule has 0 radical (unpaired) electrons. The van der Waals surface area contributed by atoms with E-state index in [4.69, 9.17) is 0 Å². The van der Waals surface area contributed by atoms with Crippen molar-refractivity contribution in [3.63, 3.8) is 0 Å². The van der Waals surface area contributed by atoms with Crippen molar-refractivity contribution >= 4 is 41.0 Å². The molecule has 11 heteroatoms. The second kappa shape index (κ2) is 11.0. The van der Waals surface area contributed by atoms with E-state index in [1.165, 1.54) is 25.1 Å². The number of ketones is 1. The lowest BCUT2D eigenvalue weighted by Crippen LogP contribution is -2.29. The van der Waals surface area contributed by atoms with Crippen LogP contribution in [0.1, 0.15) is 43.8 Å². The Morgan fingerprint density at radius 2 is 1.59 bits per heavy atom. The van der Waals surface area contributed by atoms with Gasteiger partial charge in [-0.2, -0.15) is 0 Å². The number of hydrogen-bond acceptors (Lipinski definition) is 7. The third-order valence-corrected chi connectivity index (χ3v) is 6.99. The number of nitrogens with zero attached hydrogens (tertiary/aromatic N) is 4. The van der Waals surface area contributed by atoms with E-state index in [2.05, 4.69) is 15.5 Å². The molecule has 1 aliphatic heterocycles. The Labute approximate surface area is 227 Å². The van der Waals surface area contributed by atoms with Crippen LogP contribution in [0.2, 0.25) is 0 Å². The molecule has 4 aromatic rings. The predicted molar refractivity (Wildman–Crippen MR) is 143 cm³/mol. The van der Waals surface area contributed by atoms with E-state index in [0.717, 1.165) is 16.7 Å². The molecule has 5 rings (SSSR count). The van der Waals surface area contributed by atoms with Gasteiger partial charge >= 0.3 is 0 Å². The van der Waals surface area contributed by atoms with Crippen LogP contribution in [0.5, 0.6) is 0 Å². The average molecular weight is 544 g/mol. The lowest BCUT2D eigenvalue weighted by Gasteiger charge is -2.15. The van der Waals surface area contributed by atoms with Gasteiger partial charge in [-0.05, 0) is 48.5 Å². The summed E-state index contributed by atoms with van der Waals surface area (Å²) in [6.07, 6.45) is 0.376. The van der Waals surface area contributed by atoms with Gasteiger partial charge < -0.3 is 5.32 Å². The molecule has 3 amide bonds. The summed E-state index contributed by atoms with van der Waals surface area (Å²) in [5.74, 6) is -1.15. The molecular weight excluding hydrogens is 521 g/mol. The molecule has 1 N–H and O–H groups in total. The van der Waals surface area contributed by atoms with Crippen LogP contribution < -0.4 is 10.2 Å². The number of aromatic nitrogens is 3. The normalized spacial score (nSPS) is 12.5. The highest BCUT2D eigenvalue weighted by atomic mass is 32.2. The Balaban J connectivity index is 1.35. The minimum Gasteiger partial charge on any atom is -0.356 e. The molecule has 0 saturated heterocycles. The molecule has 0 saturated carbocycles. The van der Waals surface area contributed by atoms with Gasteiger partial charge in [0.2, 0.25) is 5.91 Å². The summed E-state index contributed by atoms with van der Waals surface area (Å²) in [6.45, 7) is 1.75. The van der Waals surface area contributed by atoms with Crippen molar-refractivity contribution < 1.29 is 23.6 Å². The van der Waals surface area contributed by atoms with Gasteiger partial charge in [0.25, 0.3) is 11.8 Å². The first-order chi connectivity index (χ1) is 18.8. The van der Waals surface area contributed by atoms with E-state index < -0.39 is 17.6 Å². The number of Topliss-reactive ketones (excluding diaryl/α,β-unsaturated/α-hetero) is 1. The van der Waals surface area contributed by atoms with E-state index >= 15 is 0 Å². The van der Waals surface area contributed by atoms with Gasteiger partial charge in [0, 0.05) is 31.1 Å². The maximum atomic E-state index is 13.5. The molecule has 0 aliphatic carbocycles. The van der Waals surface area contributed by atoms with E-state index in [1.54, 1.807) is 59.2 Å². The highest BCUT2D eigenvalue weighted by Crippen LogP contribution is 2.29. The Hall–Kier alpha value is -4.64. The van der Waals surface area contributed by atoms with Crippen LogP contribution in [0.25, 0.3) is 5.69 Å². The number of imide groups is 1. The summed E-state index contributed by atoms with van der Waals surface area (Å²) in [7, 11) is 0. The summed E-state index contributed by atoms with van der Waals surface area (Å²) >= 11 is 1.15. The van der Waals surface area contributed by atoms with Crippen LogP contribution in [0.15, 0.2) is 78.0 Å². The second-order valence-corrected chi connectivity index (χ2v) is 9.64. The van der Waals surface area contributed by atoms with E-state index in [9.17, 15) is 23.6 Å². The summed E-state index contributed by atoms with van der Waals surface area (Å²) in [6, 6.07) is 18.8. The number of fused-ring (bicyclic) bond motifs is 1. The van der Waals surface area contributed by atoms with Gasteiger partial charge in [0.05, 0.1) is 22.6 Å². The predicted octanol–water partition coefficient (Wildman–Crippen LogP) is 3.86. The van der Waals surface area contributed by atoms with Crippen LogP contribution in [0.4, 0.5) is 10.1 Å². The SMILES string of the molecule is CC(=O)NCCc1nnc(SCC(=O)c2cccc(N3C(=O)c4ccccc4C3=O)c2)n1-c1ccc(F)cc1. The molecule has 0 fully saturated rings. The summed E-state index contributed by atoms with van der Waals surface area (Å²) in [5, 5.41) is 11.6. The van der Waals surface area contributed by atoms with Crippen LogP contribution in [0, 0.1) is 5.82 Å². The second-order valence-electron chi connectivity index (χ2n) is 8.70. The largest absolute Gasteiger partial charge is 0.356 e. The zero-order chi connectivity index (χ0) is 27.5. The molecule has 0 atom stereocenters. The zero-order valence-corrected chi connectivity index (χ0v) is 21.6. The number of rotatable bonds is 9. The summed E-state index contributed by atoms with van der Waals surface area (Å²) in [5.41, 5.74) is 1.90. The number of nitrogens with one attached hydrogen (secondary N) is 1. The number of benzene rings is 3. The highest BCUT2D eigenvalue weighted by molar-refractivity contribution is 7.99. The third kappa shape index (κ3) is 5.34. The van der Waals surface area contributed by atoms with E-state index in [-0.39, 0.29) is 17.4 Å². The molecule has 0 unspecified atom stereocenters. The van der Waals surface area contributed by atoms with E-state index in [1.807, 2.05) is 0 Å². The topological polar surface area (TPSA) is 114 Å². The fraction of sp³-hybridized carbons (Fsp3) is 0.143. The highest BCUT2D eigenvalue weighted by Gasteiger charge is 2.36. The van der Waals surface area contributed by atoms with Crippen molar-refractivity contribution in [3.8, 4) is 5.69 Å². The number of halogens is 1. The quantitative estimate of drug-likeness (QED) is 0.194. The van der Waals surface area contributed by atoms with Crippen LogP contribution in [-0.4, -0.2) is 50.6 Å². The fourth-order valence-electron chi connectivity index (χ4n) is 4.21. The smallest absolute Gasteiger partial charge is 0.266 e. The van der Waals surface area contributed by atoms with Crippen LogP contribution in [-0.2, 0) is 11.2 Å².